The second-order valence-corrected chi connectivity index (χ2v) is 8.27. The number of nitrogens with zero attached hydrogens (tertiary/aromatic N) is 1. The van der Waals surface area contributed by atoms with E-state index < -0.39 is 0 Å². The van der Waals surface area contributed by atoms with E-state index in [0.29, 0.717) is 17.1 Å². The van der Waals surface area contributed by atoms with E-state index >= 15 is 0 Å². The van der Waals surface area contributed by atoms with Gasteiger partial charge in [0, 0.05) is 35.4 Å². The lowest BCUT2D eigenvalue weighted by atomic mass is 9.86. The van der Waals surface area contributed by atoms with Gasteiger partial charge in [-0.3, -0.25) is 9.59 Å². The predicted molar refractivity (Wildman–Crippen MR) is 112 cm³/mol. The number of benzene rings is 2. The van der Waals surface area contributed by atoms with E-state index in [-0.39, 0.29) is 23.8 Å². The molecule has 2 rings (SSSR count). The van der Waals surface area contributed by atoms with Gasteiger partial charge >= 0.3 is 0 Å². The van der Waals surface area contributed by atoms with Crippen molar-refractivity contribution in [1.29, 1.82) is 0 Å². The number of ether oxygens (including phenoxy) is 1. The van der Waals surface area contributed by atoms with Gasteiger partial charge in [-0.25, -0.2) is 0 Å². The average molecular weight is 433 g/mol. The Morgan fingerprint density at radius 2 is 1.85 bits per heavy atom. The number of rotatable bonds is 5. The van der Waals surface area contributed by atoms with Crippen molar-refractivity contribution < 1.29 is 14.3 Å². The summed E-state index contributed by atoms with van der Waals surface area (Å²) in [5.41, 5.74) is 2.24. The Kier molecular flexibility index (Phi) is 6.65. The van der Waals surface area contributed by atoms with E-state index in [4.69, 9.17) is 4.74 Å². The van der Waals surface area contributed by atoms with E-state index in [1.807, 2.05) is 24.3 Å². The molecule has 6 heteroatoms. The Bertz CT molecular complexity index is 844. The molecule has 0 aliphatic heterocycles. The molecule has 0 unspecified atom stereocenters. The quantitative estimate of drug-likeness (QED) is 0.741. The second-order valence-electron chi connectivity index (χ2n) is 7.36. The van der Waals surface area contributed by atoms with Gasteiger partial charge in [0.1, 0.15) is 5.75 Å². The van der Waals surface area contributed by atoms with Crippen molar-refractivity contribution >= 4 is 39.1 Å². The first-order valence-electron chi connectivity index (χ1n) is 8.65. The molecule has 27 heavy (non-hydrogen) atoms. The molecule has 0 saturated carbocycles. The molecule has 0 spiro atoms. The number of hydrogen-bond acceptors (Lipinski definition) is 3. The first-order chi connectivity index (χ1) is 12.6. The molecule has 0 atom stereocenters. The van der Waals surface area contributed by atoms with Crippen molar-refractivity contribution in [3.05, 3.63) is 52.5 Å². The molecular formula is C21H25BrN2O3. The molecule has 0 aliphatic carbocycles. The highest BCUT2D eigenvalue weighted by Gasteiger charge is 2.20. The molecule has 2 aromatic carbocycles. The maximum atomic E-state index is 12.3. The van der Waals surface area contributed by atoms with Crippen LogP contribution in [0, 0.1) is 0 Å². The molecule has 0 aromatic heterocycles. The maximum Gasteiger partial charge on any atom is 0.262 e. The largest absolute Gasteiger partial charge is 0.483 e. The summed E-state index contributed by atoms with van der Waals surface area (Å²) in [7, 11) is 1.69. The summed E-state index contributed by atoms with van der Waals surface area (Å²) in [6.07, 6.45) is 0. The highest BCUT2D eigenvalue weighted by Crippen LogP contribution is 2.33. The number of carbonyl (C=O) groups is 2. The molecule has 0 radical (unpaired) electrons. The lowest BCUT2D eigenvalue weighted by Crippen LogP contribution is -2.24. The van der Waals surface area contributed by atoms with Crippen LogP contribution in [0.25, 0.3) is 0 Å². The van der Waals surface area contributed by atoms with Crippen LogP contribution in [0.2, 0.25) is 0 Å². The zero-order valence-corrected chi connectivity index (χ0v) is 17.9. The van der Waals surface area contributed by atoms with Crippen LogP contribution in [0.4, 0.5) is 11.4 Å². The van der Waals surface area contributed by atoms with Gasteiger partial charge in [-0.05, 0) is 41.8 Å². The standard InChI is InChI=1S/C21H25BrN2O3/c1-14(25)24(5)17-8-6-7-16(12-17)23-20(26)13-27-19-10-9-15(22)11-18(19)21(2,3)4/h6-12H,13H2,1-5H3,(H,23,26). The summed E-state index contributed by atoms with van der Waals surface area (Å²) in [5, 5.41) is 2.80. The Morgan fingerprint density at radius 3 is 2.48 bits per heavy atom. The Hall–Kier alpha value is -2.34. The van der Waals surface area contributed by atoms with Crippen LogP contribution in [0.1, 0.15) is 33.3 Å². The minimum absolute atomic E-state index is 0.0771. The van der Waals surface area contributed by atoms with Gasteiger partial charge < -0.3 is 15.0 Å². The highest BCUT2D eigenvalue weighted by atomic mass is 79.9. The van der Waals surface area contributed by atoms with Gasteiger partial charge in [-0.2, -0.15) is 0 Å². The smallest absolute Gasteiger partial charge is 0.262 e. The topological polar surface area (TPSA) is 58.6 Å². The van der Waals surface area contributed by atoms with Gasteiger partial charge in [-0.15, -0.1) is 0 Å². The van der Waals surface area contributed by atoms with Crippen molar-refractivity contribution in [2.45, 2.75) is 33.1 Å². The number of anilines is 2. The third-order valence-electron chi connectivity index (χ3n) is 4.10. The zero-order valence-electron chi connectivity index (χ0n) is 16.3. The minimum atomic E-state index is -0.264. The molecular weight excluding hydrogens is 408 g/mol. The second kappa shape index (κ2) is 8.57. The minimum Gasteiger partial charge on any atom is -0.483 e. The maximum absolute atomic E-state index is 12.3. The van der Waals surface area contributed by atoms with Gasteiger partial charge in [0.05, 0.1) is 0 Å². The molecule has 2 amide bonds. The number of carbonyl (C=O) groups excluding carboxylic acids is 2. The van der Waals surface area contributed by atoms with E-state index in [2.05, 4.69) is 42.0 Å². The Balaban J connectivity index is 2.06. The third-order valence-corrected chi connectivity index (χ3v) is 4.59. The normalized spacial score (nSPS) is 11.0. The highest BCUT2D eigenvalue weighted by molar-refractivity contribution is 9.10. The lowest BCUT2D eigenvalue weighted by Gasteiger charge is -2.23. The van der Waals surface area contributed by atoms with E-state index in [9.17, 15) is 9.59 Å². The van der Waals surface area contributed by atoms with Crippen molar-refractivity contribution in [1.82, 2.24) is 0 Å². The molecule has 1 N–H and O–H groups in total. The average Bonchev–Trinajstić information content (AvgIpc) is 2.59. The first-order valence-corrected chi connectivity index (χ1v) is 9.44. The molecule has 0 fully saturated rings. The monoisotopic (exact) mass is 432 g/mol. The van der Waals surface area contributed by atoms with Crippen LogP contribution in [-0.4, -0.2) is 25.5 Å². The van der Waals surface area contributed by atoms with Crippen LogP contribution < -0.4 is 15.0 Å². The summed E-state index contributed by atoms with van der Waals surface area (Å²) in [6.45, 7) is 7.68. The van der Waals surface area contributed by atoms with E-state index in [0.717, 1.165) is 10.0 Å². The fraction of sp³-hybridized carbons (Fsp3) is 0.333. The molecule has 0 bridgehead atoms. The predicted octanol–water partition coefficient (Wildman–Crippen LogP) is 4.75. The van der Waals surface area contributed by atoms with E-state index in [1.54, 1.807) is 25.2 Å². The fourth-order valence-corrected chi connectivity index (χ4v) is 2.89. The Morgan fingerprint density at radius 1 is 1.15 bits per heavy atom. The van der Waals surface area contributed by atoms with Crippen molar-refractivity contribution in [3.63, 3.8) is 0 Å². The van der Waals surface area contributed by atoms with E-state index in [1.165, 1.54) is 11.8 Å². The first kappa shape index (κ1) is 21.0. The van der Waals surface area contributed by atoms with Gasteiger partial charge in [-0.1, -0.05) is 42.8 Å². The summed E-state index contributed by atoms with van der Waals surface area (Å²) in [5.74, 6) is 0.345. The SMILES string of the molecule is CC(=O)N(C)c1cccc(NC(=O)COc2ccc(Br)cc2C(C)(C)C)c1. The van der Waals surface area contributed by atoms with Crippen LogP contribution in [0.5, 0.6) is 5.75 Å². The molecule has 144 valence electrons. The number of halogens is 1. The zero-order chi connectivity index (χ0) is 20.2. The van der Waals surface area contributed by atoms with Crippen molar-refractivity contribution in [2.75, 3.05) is 23.9 Å². The van der Waals surface area contributed by atoms with Crippen molar-refractivity contribution in [2.24, 2.45) is 0 Å². The van der Waals surface area contributed by atoms with Crippen LogP contribution in [0.15, 0.2) is 46.9 Å². The third kappa shape index (κ3) is 5.82. The molecule has 0 heterocycles. The van der Waals surface area contributed by atoms with Gasteiger partial charge in [0.2, 0.25) is 5.91 Å². The fourth-order valence-electron chi connectivity index (χ4n) is 2.53. The van der Waals surface area contributed by atoms with Crippen LogP contribution in [0.3, 0.4) is 0 Å². The summed E-state index contributed by atoms with van der Waals surface area (Å²) in [4.78, 5) is 25.3. The summed E-state index contributed by atoms with van der Waals surface area (Å²) >= 11 is 3.48. The molecule has 2 aromatic rings. The number of amides is 2. The summed E-state index contributed by atoms with van der Waals surface area (Å²) in [6, 6.07) is 12.9. The van der Waals surface area contributed by atoms with Crippen molar-refractivity contribution in [3.8, 4) is 5.75 Å². The molecule has 5 nitrogen and oxygen atoms in total. The van der Waals surface area contributed by atoms with Gasteiger partial charge in [0.15, 0.2) is 6.61 Å². The molecule has 0 aliphatic rings. The van der Waals surface area contributed by atoms with Crippen LogP contribution >= 0.6 is 15.9 Å². The number of nitrogens with one attached hydrogen (secondary N) is 1. The molecule has 0 saturated heterocycles. The Labute approximate surface area is 168 Å². The lowest BCUT2D eigenvalue weighted by molar-refractivity contribution is -0.118. The number of hydrogen-bond donors (Lipinski definition) is 1. The van der Waals surface area contributed by atoms with Crippen LogP contribution in [-0.2, 0) is 15.0 Å². The summed E-state index contributed by atoms with van der Waals surface area (Å²) < 4.78 is 6.74. The van der Waals surface area contributed by atoms with Gasteiger partial charge in [0.25, 0.3) is 5.91 Å².